The van der Waals surface area contributed by atoms with Crippen LogP contribution in [-0.2, 0) is 14.8 Å². The summed E-state index contributed by atoms with van der Waals surface area (Å²) in [5.41, 5.74) is -0.317. The molecule has 2 rings (SSSR count). The van der Waals surface area contributed by atoms with E-state index < -0.39 is 10.0 Å². The lowest BCUT2D eigenvalue weighted by atomic mass is 10.0. The fourth-order valence-electron chi connectivity index (χ4n) is 2.50. The van der Waals surface area contributed by atoms with E-state index in [0.29, 0.717) is 13.1 Å². The summed E-state index contributed by atoms with van der Waals surface area (Å²) in [4.78, 5) is 2.18. The molecule has 0 aliphatic carbocycles. The zero-order valence-electron chi connectivity index (χ0n) is 11.7. The van der Waals surface area contributed by atoms with E-state index in [1.807, 2.05) is 6.92 Å². The molecule has 0 aromatic carbocycles. The number of piperazine rings is 1. The molecule has 112 valence electrons. The third kappa shape index (κ3) is 5.00. The first-order valence-electron chi connectivity index (χ1n) is 7.04. The van der Waals surface area contributed by atoms with Crippen LogP contribution < -0.4 is 10.0 Å². The van der Waals surface area contributed by atoms with Crippen LogP contribution in [0.15, 0.2) is 0 Å². The molecule has 0 amide bonds. The lowest BCUT2D eigenvalue weighted by Gasteiger charge is -2.27. The van der Waals surface area contributed by atoms with Gasteiger partial charge in [0.1, 0.15) is 0 Å². The van der Waals surface area contributed by atoms with Crippen LogP contribution >= 0.6 is 0 Å². The Labute approximate surface area is 115 Å². The highest BCUT2D eigenvalue weighted by molar-refractivity contribution is 7.89. The molecule has 2 aliphatic rings. The van der Waals surface area contributed by atoms with Crippen LogP contribution in [0.2, 0.25) is 0 Å². The zero-order valence-corrected chi connectivity index (χ0v) is 12.5. The summed E-state index contributed by atoms with van der Waals surface area (Å²) in [5.74, 6) is 0.170. The van der Waals surface area contributed by atoms with Crippen molar-refractivity contribution in [2.45, 2.75) is 25.4 Å². The largest absolute Gasteiger partial charge is 0.374 e. The maximum atomic E-state index is 12.0. The summed E-state index contributed by atoms with van der Waals surface area (Å²) in [6, 6.07) is 0. The second-order valence-corrected chi connectivity index (χ2v) is 7.56. The van der Waals surface area contributed by atoms with Crippen molar-refractivity contribution in [1.29, 1.82) is 0 Å². The van der Waals surface area contributed by atoms with Gasteiger partial charge in [0.05, 0.1) is 11.4 Å². The molecular weight excluding hydrogens is 266 g/mol. The molecule has 0 aromatic heterocycles. The Morgan fingerprint density at radius 1 is 1.37 bits per heavy atom. The fraction of sp³-hybridized carbons (Fsp3) is 1.00. The Balaban J connectivity index is 1.72. The molecule has 2 N–H and O–H groups in total. The number of rotatable bonds is 6. The first-order chi connectivity index (χ1) is 8.99. The predicted octanol–water partition coefficient (Wildman–Crippen LogP) is -0.620. The van der Waals surface area contributed by atoms with E-state index in [1.165, 1.54) is 0 Å². The van der Waals surface area contributed by atoms with Crippen LogP contribution in [0.3, 0.4) is 0 Å². The van der Waals surface area contributed by atoms with Gasteiger partial charge in [-0.3, -0.25) is 4.90 Å². The standard InChI is InChI=1S/C12H25N3O3S/c1-12(3-2-9-18-12)11-14-19(16,17)10-8-15-6-4-13-5-7-15/h13-14H,2-11H2,1H3. The third-order valence-corrected chi connectivity index (χ3v) is 5.16. The van der Waals surface area contributed by atoms with E-state index >= 15 is 0 Å². The topological polar surface area (TPSA) is 70.7 Å². The Kier molecular flexibility index (Phi) is 5.19. The van der Waals surface area contributed by atoms with E-state index in [-0.39, 0.29) is 11.4 Å². The van der Waals surface area contributed by atoms with Crippen molar-refractivity contribution in [3.05, 3.63) is 0 Å². The second-order valence-electron chi connectivity index (χ2n) is 5.63. The predicted molar refractivity (Wildman–Crippen MR) is 74.7 cm³/mol. The Morgan fingerprint density at radius 2 is 2.11 bits per heavy atom. The third-order valence-electron chi connectivity index (χ3n) is 3.85. The molecule has 0 aromatic rings. The minimum Gasteiger partial charge on any atom is -0.374 e. The average Bonchev–Trinajstić information content (AvgIpc) is 2.84. The van der Waals surface area contributed by atoms with E-state index in [2.05, 4.69) is 14.9 Å². The van der Waals surface area contributed by atoms with E-state index in [9.17, 15) is 8.42 Å². The minimum atomic E-state index is -3.20. The molecule has 0 bridgehead atoms. The SMILES string of the molecule is CC1(CNS(=O)(=O)CCN2CCNCC2)CCCO1. The van der Waals surface area contributed by atoms with Crippen molar-refractivity contribution in [1.82, 2.24) is 14.9 Å². The van der Waals surface area contributed by atoms with Gasteiger partial charge in [-0.05, 0) is 19.8 Å². The molecule has 0 radical (unpaired) electrons. The lowest BCUT2D eigenvalue weighted by Crippen LogP contribution is -2.47. The Hall–Kier alpha value is -0.210. The number of ether oxygens (including phenoxy) is 1. The summed E-state index contributed by atoms with van der Waals surface area (Å²) in [5, 5.41) is 3.26. The molecule has 0 spiro atoms. The van der Waals surface area contributed by atoms with Crippen LogP contribution in [0.4, 0.5) is 0 Å². The first kappa shape index (κ1) is 15.2. The minimum absolute atomic E-state index is 0.170. The highest BCUT2D eigenvalue weighted by Crippen LogP contribution is 2.24. The van der Waals surface area contributed by atoms with Gasteiger partial charge in [-0.2, -0.15) is 0 Å². The molecule has 7 heteroatoms. The zero-order chi connectivity index (χ0) is 13.8. The van der Waals surface area contributed by atoms with Crippen molar-refractivity contribution in [2.24, 2.45) is 0 Å². The molecule has 2 aliphatic heterocycles. The fourth-order valence-corrected chi connectivity index (χ4v) is 3.66. The lowest BCUT2D eigenvalue weighted by molar-refractivity contribution is 0.0250. The molecule has 19 heavy (non-hydrogen) atoms. The molecule has 0 saturated carbocycles. The van der Waals surface area contributed by atoms with Crippen molar-refractivity contribution in [3.63, 3.8) is 0 Å². The van der Waals surface area contributed by atoms with Crippen molar-refractivity contribution in [2.75, 3.05) is 51.6 Å². The maximum absolute atomic E-state index is 12.0. The van der Waals surface area contributed by atoms with Gasteiger partial charge >= 0.3 is 0 Å². The summed E-state index contributed by atoms with van der Waals surface area (Å²) >= 11 is 0. The van der Waals surface area contributed by atoms with Gasteiger partial charge in [0.25, 0.3) is 0 Å². The number of sulfonamides is 1. The molecule has 1 atom stereocenters. The Bertz CT molecular complexity index is 374. The van der Waals surface area contributed by atoms with Gasteiger partial charge in [0.15, 0.2) is 0 Å². The number of hydrogen-bond donors (Lipinski definition) is 2. The number of nitrogens with zero attached hydrogens (tertiary/aromatic N) is 1. The molecule has 2 heterocycles. The van der Waals surface area contributed by atoms with Crippen LogP contribution in [0.1, 0.15) is 19.8 Å². The normalized spacial score (nSPS) is 29.7. The van der Waals surface area contributed by atoms with Crippen LogP contribution in [0.5, 0.6) is 0 Å². The summed E-state index contributed by atoms with van der Waals surface area (Å²) in [6.45, 7) is 7.44. The number of nitrogens with one attached hydrogen (secondary N) is 2. The van der Waals surface area contributed by atoms with Crippen LogP contribution in [0.25, 0.3) is 0 Å². The van der Waals surface area contributed by atoms with Crippen molar-refractivity contribution in [3.8, 4) is 0 Å². The van der Waals surface area contributed by atoms with Gasteiger partial charge in [-0.15, -0.1) is 0 Å². The average molecular weight is 291 g/mol. The molecule has 2 saturated heterocycles. The van der Waals surface area contributed by atoms with Gasteiger partial charge in [0, 0.05) is 45.9 Å². The quantitative estimate of drug-likeness (QED) is 0.682. The van der Waals surface area contributed by atoms with Gasteiger partial charge in [0.2, 0.25) is 10.0 Å². The van der Waals surface area contributed by atoms with E-state index in [4.69, 9.17) is 4.74 Å². The van der Waals surface area contributed by atoms with E-state index in [0.717, 1.165) is 45.6 Å². The smallest absolute Gasteiger partial charge is 0.212 e. The van der Waals surface area contributed by atoms with Gasteiger partial charge in [-0.1, -0.05) is 0 Å². The van der Waals surface area contributed by atoms with Crippen LogP contribution in [-0.4, -0.2) is 70.5 Å². The highest BCUT2D eigenvalue weighted by Gasteiger charge is 2.31. The van der Waals surface area contributed by atoms with E-state index in [1.54, 1.807) is 0 Å². The van der Waals surface area contributed by atoms with Gasteiger partial charge in [-0.25, -0.2) is 13.1 Å². The summed E-state index contributed by atoms with van der Waals surface area (Å²) in [7, 11) is -3.20. The first-order valence-corrected chi connectivity index (χ1v) is 8.69. The molecule has 6 nitrogen and oxygen atoms in total. The number of hydrogen-bond acceptors (Lipinski definition) is 5. The monoisotopic (exact) mass is 291 g/mol. The second kappa shape index (κ2) is 6.49. The summed E-state index contributed by atoms with van der Waals surface area (Å²) in [6.07, 6.45) is 1.94. The molecule has 1 unspecified atom stereocenters. The molecule has 2 fully saturated rings. The molecular formula is C12H25N3O3S. The van der Waals surface area contributed by atoms with Crippen molar-refractivity contribution >= 4 is 10.0 Å². The Morgan fingerprint density at radius 3 is 2.74 bits per heavy atom. The van der Waals surface area contributed by atoms with Gasteiger partial charge < -0.3 is 10.1 Å². The van der Waals surface area contributed by atoms with Crippen molar-refractivity contribution < 1.29 is 13.2 Å². The maximum Gasteiger partial charge on any atom is 0.212 e. The van der Waals surface area contributed by atoms with Crippen LogP contribution in [0, 0.1) is 0 Å². The summed E-state index contributed by atoms with van der Waals surface area (Å²) < 4.78 is 32.2. The highest BCUT2D eigenvalue weighted by atomic mass is 32.2.